The first-order valence-corrected chi connectivity index (χ1v) is 7.61. The van der Waals surface area contributed by atoms with E-state index in [2.05, 4.69) is 10.3 Å². The third kappa shape index (κ3) is 3.50. The molecule has 1 aromatic rings. The molecule has 21 heavy (non-hydrogen) atoms. The molecule has 6 heteroatoms. The molecular formula is C15H21N3O2S. The predicted molar refractivity (Wildman–Crippen MR) is 86.3 cm³/mol. The average Bonchev–Trinajstić information content (AvgIpc) is 2.75. The molecule has 5 nitrogen and oxygen atoms in total. The lowest BCUT2D eigenvalue weighted by atomic mass is 9.79. The van der Waals surface area contributed by atoms with Crippen LogP contribution in [0.4, 0.5) is 5.69 Å². The van der Waals surface area contributed by atoms with Crippen LogP contribution in [0.25, 0.3) is 0 Å². The summed E-state index contributed by atoms with van der Waals surface area (Å²) in [4.78, 5) is 17.1. The molecule has 1 aliphatic rings. The molecular weight excluding hydrogens is 286 g/mol. The van der Waals surface area contributed by atoms with E-state index in [1.165, 1.54) is 0 Å². The average molecular weight is 307 g/mol. The number of amides is 1. The van der Waals surface area contributed by atoms with Gasteiger partial charge in [0.25, 0.3) is 0 Å². The van der Waals surface area contributed by atoms with E-state index in [-0.39, 0.29) is 5.91 Å². The van der Waals surface area contributed by atoms with Crippen molar-refractivity contribution in [3.8, 4) is 5.88 Å². The van der Waals surface area contributed by atoms with Crippen LogP contribution in [0.3, 0.4) is 0 Å². The number of aromatic nitrogens is 1. The lowest BCUT2D eigenvalue weighted by Gasteiger charge is -2.30. The van der Waals surface area contributed by atoms with Crippen molar-refractivity contribution in [2.45, 2.75) is 38.5 Å². The SMILES string of the molecule is COc1ccc(NC(=O)C2(C(N)=S)CCCCCC2)cn1. The molecule has 1 heterocycles. The van der Waals surface area contributed by atoms with Gasteiger partial charge in [-0.3, -0.25) is 4.79 Å². The summed E-state index contributed by atoms with van der Waals surface area (Å²) in [7, 11) is 1.55. The highest BCUT2D eigenvalue weighted by atomic mass is 32.1. The lowest BCUT2D eigenvalue weighted by Crippen LogP contribution is -2.45. The lowest BCUT2D eigenvalue weighted by molar-refractivity contribution is -0.122. The highest BCUT2D eigenvalue weighted by Gasteiger charge is 2.41. The zero-order valence-corrected chi connectivity index (χ0v) is 13.0. The molecule has 1 aromatic heterocycles. The Kier molecular flexibility index (Phi) is 5.12. The van der Waals surface area contributed by atoms with Gasteiger partial charge in [-0.2, -0.15) is 0 Å². The molecule has 0 aromatic carbocycles. The van der Waals surface area contributed by atoms with Crippen LogP contribution >= 0.6 is 12.2 Å². The van der Waals surface area contributed by atoms with Crippen LogP contribution in [0.5, 0.6) is 5.88 Å². The van der Waals surface area contributed by atoms with Crippen LogP contribution in [0.15, 0.2) is 18.3 Å². The van der Waals surface area contributed by atoms with Gasteiger partial charge in [-0.25, -0.2) is 4.98 Å². The molecule has 1 fully saturated rings. The Morgan fingerprint density at radius 3 is 2.48 bits per heavy atom. The first kappa shape index (κ1) is 15.7. The van der Waals surface area contributed by atoms with Gasteiger partial charge in [0.1, 0.15) is 0 Å². The highest BCUT2D eigenvalue weighted by molar-refractivity contribution is 7.80. The number of nitrogens with two attached hydrogens (primary N) is 1. The maximum Gasteiger partial charge on any atom is 0.237 e. The van der Waals surface area contributed by atoms with E-state index in [4.69, 9.17) is 22.7 Å². The van der Waals surface area contributed by atoms with Crippen LogP contribution < -0.4 is 15.8 Å². The highest BCUT2D eigenvalue weighted by Crippen LogP contribution is 2.36. The number of hydrogen-bond donors (Lipinski definition) is 2. The van der Waals surface area contributed by atoms with E-state index in [1.807, 2.05) is 0 Å². The van der Waals surface area contributed by atoms with Crippen molar-refractivity contribution in [3.05, 3.63) is 18.3 Å². The summed E-state index contributed by atoms with van der Waals surface area (Å²) >= 11 is 5.20. The van der Waals surface area contributed by atoms with Crippen LogP contribution in [0.2, 0.25) is 0 Å². The van der Waals surface area contributed by atoms with Gasteiger partial charge in [0.2, 0.25) is 11.8 Å². The van der Waals surface area contributed by atoms with Crippen molar-refractivity contribution in [1.29, 1.82) is 0 Å². The summed E-state index contributed by atoms with van der Waals surface area (Å²) in [5.41, 5.74) is 5.80. The van der Waals surface area contributed by atoms with Gasteiger partial charge in [-0.15, -0.1) is 0 Å². The van der Waals surface area contributed by atoms with Crippen molar-refractivity contribution in [3.63, 3.8) is 0 Å². The van der Waals surface area contributed by atoms with Crippen LogP contribution in [0.1, 0.15) is 38.5 Å². The van der Waals surface area contributed by atoms with Gasteiger partial charge in [0, 0.05) is 6.07 Å². The number of pyridine rings is 1. The fraction of sp³-hybridized carbons (Fsp3) is 0.533. The molecule has 0 unspecified atom stereocenters. The van der Waals surface area contributed by atoms with E-state index < -0.39 is 5.41 Å². The third-order valence-electron chi connectivity index (χ3n) is 4.07. The van der Waals surface area contributed by atoms with E-state index >= 15 is 0 Å². The number of hydrogen-bond acceptors (Lipinski definition) is 4. The molecule has 2 rings (SSSR count). The minimum Gasteiger partial charge on any atom is -0.481 e. The monoisotopic (exact) mass is 307 g/mol. The van der Waals surface area contributed by atoms with Gasteiger partial charge in [-0.1, -0.05) is 37.9 Å². The quantitative estimate of drug-likeness (QED) is 0.660. The second-order valence-corrected chi connectivity index (χ2v) is 5.84. The number of anilines is 1. The number of carbonyl (C=O) groups excluding carboxylic acids is 1. The molecule has 1 aliphatic carbocycles. The molecule has 0 bridgehead atoms. The largest absolute Gasteiger partial charge is 0.481 e. The standard InChI is InChI=1S/C15H21N3O2S/c1-20-12-7-6-11(10-17-12)18-14(19)15(13(16)21)8-4-2-3-5-9-15/h6-7,10H,2-5,8-9H2,1H3,(H2,16,21)(H,18,19). The topological polar surface area (TPSA) is 77.2 Å². The molecule has 1 saturated carbocycles. The Morgan fingerprint density at radius 2 is 2.00 bits per heavy atom. The van der Waals surface area contributed by atoms with Gasteiger partial charge in [-0.05, 0) is 18.9 Å². The zero-order chi connectivity index (χ0) is 15.3. The molecule has 0 spiro atoms. The van der Waals surface area contributed by atoms with Gasteiger partial charge < -0.3 is 15.8 Å². The molecule has 114 valence electrons. The second kappa shape index (κ2) is 6.85. The zero-order valence-electron chi connectivity index (χ0n) is 12.2. The van der Waals surface area contributed by atoms with Crippen molar-refractivity contribution < 1.29 is 9.53 Å². The number of methoxy groups -OCH3 is 1. The summed E-state index contributed by atoms with van der Waals surface area (Å²) in [5, 5.41) is 2.89. The Bertz CT molecular complexity index is 508. The second-order valence-electron chi connectivity index (χ2n) is 5.40. The van der Waals surface area contributed by atoms with E-state index in [0.717, 1.165) is 38.5 Å². The smallest absolute Gasteiger partial charge is 0.237 e. The third-order valence-corrected chi connectivity index (χ3v) is 4.46. The molecule has 3 N–H and O–H groups in total. The Hall–Kier alpha value is -1.69. The van der Waals surface area contributed by atoms with Crippen LogP contribution in [-0.2, 0) is 4.79 Å². The van der Waals surface area contributed by atoms with Crippen molar-refractivity contribution >= 4 is 28.8 Å². The molecule has 0 atom stereocenters. The van der Waals surface area contributed by atoms with Gasteiger partial charge in [0.15, 0.2) is 0 Å². The minimum absolute atomic E-state index is 0.121. The Labute approximate surface area is 130 Å². The number of rotatable bonds is 4. The maximum atomic E-state index is 12.7. The first-order chi connectivity index (χ1) is 10.1. The first-order valence-electron chi connectivity index (χ1n) is 7.20. The van der Waals surface area contributed by atoms with Crippen LogP contribution in [-0.4, -0.2) is 23.0 Å². The van der Waals surface area contributed by atoms with E-state index in [0.29, 0.717) is 16.6 Å². The predicted octanol–water partition coefficient (Wildman–Crippen LogP) is 2.66. The van der Waals surface area contributed by atoms with E-state index in [1.54, 1.807) is 25.4 Å². The fourth-order valence-corrected chi connectivity index (χ4v) is 3.04. The van der Waals surface area contributed by atoms with Gasteiger partial charge >= 0.3 is 0 Å². The molecule has 0 aliphatic heterocycles. The maximum absolute atomic E-state index is 12.7. The Morgan fingerprint density at radius 1 is 1.33 bits per heavy atom. The van der Waals surface area contributed by atoms with Crippen molar-refractivity contribution in [2.24, 2.45) is 11.1 Å². The molecule has 0 saturated heterocycles. The number of nitrogens with zero attached hydrogens (tertiary/aromatic N) is 1. The molecule has 1 amide bonds. The summed E-state index contributed by atoms with van der Waals surface area (Å²) in [6.07, 6.45) is 7.22. The van der Waals surface area contributed by atoms with Crippen LogP contribution in [0, 0.1) is 5.41 Å². The summed E-state index contributed by atoms with van der Waals surface area (Å²) in [6.45, 7) is 0. The fourth-order valence-electron chi connectivity index (χ4n) is 2.74. The normalized spacial score (nSPS) is 17.6. The number of carbonyl (C=O) groups is 1. The van der Waals surface area contributed by atoms with E-state index in [9.17, 15) is 4.79 Å². The molecule has 0 radical (unpaired) electrons. The number of thiocarbonyl (C=S) groups is 1. The summed E-state index contributed by atoms with van der Waals surface area (Å²) < 4.78 is 5.00. The summed E-state index contributed by atoms with van der Waals surface area (Å²) in [6, 6.07) is 3.46. The summed E-state index contributed by atoms with van der Waals surface area (Å²) in [5.74, 6) is 0.385. The number of ether oxygens (including phenoxy) is 1. The Balaban J connectivity index is 2.16. The van der Waals surface area contributed by atoms with Gasteiger partial charge in [0.05, 0.1) is 29.4 Å². The number of nitrogens with one attached hydrogen (secondary N) is 1. The van der Waals surface area contributed by atoms with Crippen molar-refractivity contribution in [2.75, 3.05) is 12.4 Å². The minimum atomic E-state index is -0.730. The van der Waals surface area contributed by atoms with Crippen molar-refractivity contribution in [1.82, 2.24) is 4.98 Å².